The smallest absolute Gasteiger partial charge is 0.138 e. The Kier molecular flexibility index (Phi) is 3.36. The molecule has 0 saturated carbocycles. The fourth-order valence-corrected chi connectivity index (χ4v) is 2.12. The van der Waals surface area contributed by atoms with Crippen LogP contribution in [0.15, 0.2) is 24.3 Å². The molecule has 1 aliphatic heterocycles. The number of hydrogen-bond donors (Lipinski definition) is 2. The third-order valence-corrected chi connectivity index (χ3v) is 2.96. The number of benzene rings is 1. The van der Waals surface area contributed by atoms with Crippen LogP contribution >= 0.6 is 11.6 Å². The number of hydrogen-bond acceptors (Lipinski definition) is 3. The summed E-state index contributed by atoms with van der Waals surface area (Å²) in [6.45, 7) is 1.66. The molecule has 2 unspecified atom stereocenters. The van der Waals surface area contributed by atoms with Crippen LogP contribution in [0.25, 0.3) is 0 Å². The second-order valence-corrected chi connectivity index (χ2v) is 3.98. The molecule has 0 amide bonds. The van der Waals surface area contributed by atoms with Crippen LogP contribution in [0.4, 0.5) is 0 Å². The molecule has 0 aromatic heterocycles. The van der Waals surface area contributed by atoms with Crippen LogP contribution in [0.2, 0.25) is 5.02 Å². The van der Waals surface area contributed by atoms with E-state index in [1.165, 1.54) is 0 Å². The van der Waals surface area contributed by atoms with Crippen LogP contribution in [0, 0.1) is 0 Å². The zero-order chi connectivity index (χ0) is 10.7. The molecular weight excluding hydrogens is 212 g/mol. The number of aldehydes is 1. The maximum atomic E-state index is 10.9. The maximum absolute atomic E-state index is 10.9. The summed E-state index contributed by atoms with van der Waals surface area (Å²) < 4.78 is 0. The first-order chi connectivity index (χ1) is 7.33. The minimum Gasteiger partial charge on any atom is -0.307 e. The van der Waals surface area contributed by atoms with Crippen molar-refractivity contribution in [2.24, 2.45) is 0 Å². The first-order valence-electron chi connectivity index (χ1n) is 4.99. The van der Waals surface area contributed by atoms with Crippen LogP contribution in [0.3, 0.4) is 0 Å². The number of nitrogens with one attached hydrogen (secondary N) is 2. The van der Waals surface area contributed by atoms with Crippen molar-refractivity contribution in [1.29, 1.82) is 0 Å². The Morgan fingerprint density at radius 3 is 2.73 bits per heavy atom. The maximum Gasteiger partial charge on any atom is 0.138 e. The first-order valence-corrected chi connectivity index (χ1v) is 5.37. The molecule has 2 rings (SSSR count). The molecule has 1 aromatic rings. The lowest BCUT2D eigenvalue weighted by Crippen LogP contribution is -2.51. The van der Waals surface area contributed by atoms with Crippen molar-refractivity contribution in [3.63, 3.8) is 0 Å². The monoisotopic (exact) mass is 224 g/mol. The highest BCUT2D eigenvalue weighted by Crippen LogP contribution is 2.25. The molecule has 1 aliphatic rings. The highest BCUT2D eigenvalue weighted by Gasteiger charge is 2.26. The van der Waals surface area contributed by atoms with Gasteiger partial charge in [-0.05, 0) is 11.6 Å². The fourth-order valence-electron chi connectivity index (χ4n) is 1.87. The predicted molar refractivity (Wildman–Crippen MR) is 60.1 cm³/mol. The third kappa shape index (κ3) is 2.20. The lowest BCUT2D eigenvalue weighted by atomic mass is 9.98. The van der Waals surface area contributed by atoms with E-state index in [0.717, 1.165) is 24.9 Å². The topological polar surface area (TPSA) is 41.1 Å². The first kappa shape index (κ1) is 10.6. The number of carbonyl (C=O) groups is 1. The summed E-state index contributed by atoms with van der Waals surface area (Å²) in [4.78, 5) is 10.9. The molecule has 1 aromatic carbocycles. The Morgan fingerprint density at radius 2 is 2.00 bits per heavy atom. The highest BCUT2D eigenvalue weighted by atomic mass is 35.5. The molecule has 2 N–H and O–H groups in total. The Balaban J connectivity index is 2.28. The Labute approximate surface area is 93.8 Å². The quantitative estimate of drug-likeness (QED) is 0.741. The number of rotatable bonds is 2. The van der Waals surface area contributed by atoms with Gasteiger partial charge >= 0.3 is 0 Å². The third-order valence-electron chi connectivity index (χ3n) is 2.62. The van der Waals surface area contributed by atoms with Crippen LogP contribution < -0.4 is 10.6 Å². The second-order valence-electron chi connectivity index (χ2n) is 3.57. The van der Waals surface area contributed by atoms with Gasteiger partial charge in [-0.1, -0.05) is 29.8 Å². The van der Waals surface area contributed by atoms with Gasteiger partial charge in [0.25, 0.3) is 0 Å². The molecule has 1 saturated heterocycles. The van der Waals surface area contributed by atoms with Crippen LogP contribution in [-0.4, -0.2) is 25.4 Å². The van der Waals surface area contributed by atoms with Crippen LogP contribution in [0.1, 0.15) is 11.6 Å². The van der Waals surface area contributed by atoms with Gasteiger partial charge in [-0.15, -0.1) is 0 Å². The van der Waals surface area contributed by atoms with Crippen LogP contribution in [-0.2, 0) is 4.79 Å². The van der Waals surface area contributed by atoms with Gasteiger partial charge in [0.05, 0.1) is 12.1 Å². The normalized spacial score (nSPS) is 26.2. The minimum atomic E-state index is -0.196. The molecule has 1 heterocycles. The minimum absolute atomic E-state index is 0.0232. The van der Waals surface area contributed by atoms with E-state index in [1.807, 2.05) is 24.3 Å². The van der Waals surface area contributed by atoms with E-state index in [1.54, 1.807) is 0 Å². The zero-order valence-corrected chi connectivity index (χ0v) is 9.00. The molecule has 0 aliphatic carbocycles. The highest BCUT2D eigenvalue weighted by molar-refractivity contribution is 6.31. The van der Waals surface area contributed by atoms with Crippen molar-refractivity contribution in [3.05, 3.63) is 34.9 Å². The van der Waals surface area contributed by atoms with E-state index in [-0.39, 0.29) is 12.1 Å². The molecule has 80 valence electrons. The molecule has 1 fully saturated rings. The van der Waals surface area contributed by atoms with Crippen molar-refractivity contribution in [2.45, 2.75) is 12.1 Å². The van der Waals surface area contributed by atoms with Gasteiger partial charge in [-0.2, -0.15) is 0 Å². The van der Waals surface area contributed by atoms with Gasteiger partial charge in [-0.3, -0.25) is 0 Å². The Hall–Kier alpha value is -0.900. The zero-order valence-electron chi connectivity index (χ0n) is 8.24. The lowest BCUT2D eigenvalue weighted by Gasteiger charge is -2.31. The molecule has 0 radical (unpaired) electrons. The summed E-state index contributed by atoms with van der Waals surface area (Å²) in [5.41, 5.74) is 0.975. The van der Waals surface area contributed by atoms with Gasteiger partial charge in [-0.25, -0.2) is 0 Å². The summed E-state index contributed by atoms with van der Waals surface area (Å²) in [6, 6.07) is 7.39. The molecule has 3 nitrogen and oxygen atoms in total. The number of piperazine rings is 1. The van der Waals surface area contributed by atoms with Crippen molar-refractivity contribution in [1.82, 2.24) is 10.6 Å². The summed E-state index contributed by atoms with van der Waals surface area (Å²) in [6.07, 6.45) is 0.931. The van der Waals surface area contributed by atoms with Gasteiger partial charge < -0.3 is 15.4 Å². The second kappa shape index (κ2) is 4.75. The number of carbonyl (C=O) groups excluding carboxylic acids is 1. The van der Waals surface area contributed by atoms with Gasteiger partial charge in [0.2, 0.25) is 0 Å². The molecule has 2 atom stereocenters. The Bertz CT molecular complexity index is 356. The van der Waals surface area contributed by atoms with E-state index in [0.29, 0.717) is 5.02 Å². The van der Waals surface area contributed by atoms with Gasteiger partial charge in [0.1, 0.15) is 6.29 Å². The standard InChI is InChI=1S/C11H13ClN2O/c12-9-4-2-1-3-8(9)11-10(7-15)13-5-6-14-11/h1-4,7,10-11,13-14H,5-6H2. The molecule has 0 spiro atoms. The molecule has 0 bridgehead atoms. The van der Waals surface area contributed by atoms with E-state index >= 15 is 0 Å². The van der Waals surface area contributed by atoms with Gasteiger partial charge in [0, 0.05) is 18.1 Å². The summed E-state index contributed by atoms with van der Waals surface area (Å²) in [5.74, 6) is 0. The predicted octanol–water partition coefficient (Wildman–Crippen LogP) is 1.14. The molecule has 4 heteroatoms. The average molecular weight is 225 g/mol. The average Bonchev–Trinajstić information content (AvgIpc) is 2.30. The number of halogens is 1. The summed E-state index contributed by atoms with van der Waals surface area (Å²) in [5, 5.41) is 7.15. The summed E-state index contributed by atoms with van der Waals surface area (Å²) >= 11 is 6.10. The Morgan fingerprint density at radius 1 is 1.27 bits per heavy atom. The van der Waals surface area contributed by atoms with Crippen molar-refractivity contribution in [3.8, 4) is 0 Å². The van der Waals surface area contributed by atoms with E-state index in [9.17, 15) is 4.79 Å². The summed E-state index contributed by atoms with van der Waals surface area (Å²) in [7, 11) is 0. The van der Waals surface area contributed by atoms with E-state index < -0.39 is 0 Å². The molecule has 15 heavy (non-hydrogen) atoms. The van der Waals surface area contributed by atoms with Crippen LogP contribution in [0.5, 0.6) is 0 Å². The van der Waals surface area contributed by atoms with Crippen molar-refractivity contribution >= 4 is 17.9 Å². The van der Waals surface area contributed by atoms with E-state index in [4.69, 9.17) is 11.6 Å². The van der Waals surface area contributed by atoms with Crippen molar-refractivity contribution in [2.75, 3.05) is 13.1 Å². The SMILES string of the molecule is O=CC1NCCNC1c1ccccc1Cl. The lowest BCUT2D eigenvalue weighted by molar-refractivity contribution is -0.110. The van der Waals surface area contributed by atoms with Crippen molar-refractivity contribution < 1.29 is 4.79 Å². The van der Waals surface area contributed by atoms with Gasteiger partial charge in [0.15, 0.2) is 0 Å². The van der Waals surface area contributed by atoms with E-state index in [2.05, 4.69) is 10.6 Å². The fraction of sp³-hybridized carbons (Fsp3) is 0.364. The molecular formula is C11H13ClN2O. The largest absolute Gasteiger partial charge is 0.307 e.